The molecule has 3 aliphatic heterocycles. The summed E-state index contributed by atoms with van der Waals surface area (Å²) < 4.78 is 38.9. The molecule has 1 amide bonds. The van der Waals surface area contributed by atoms with Gasteiger partial charge in [-0.2, -0.15) is 8.78 Å². The molecule has 192 valence electrons. The second-order valence-electron chi connectivity index (χ2n) is 10.5. The minimum Gasteiger partial charge on any atom is -0.380 e. The first-order chi connectivity index (χ1) is 17.7. The van der Waals surface area contributed by atoms with E-state index >= 15 is 0 Å². The molecule has 37 heavy (non-hydrogen) atoms. The molecular weight excluding hydrogens is 476 g/mol. The third-order valence-electron chi connectivity index (χ3n) is 7.83. The van der Waals surface area contributed by atoms with Crippen molar-refractivity contribution in [1.29, 1.82) is 0 Å². The number of pyridine rings is 1. The molecule has 3 aliphatic rings. The fourth-order valence-corrected chi connectivity index (χ4v) is 5.73. The summed E-state index contributed by atoms with van der Waals surface area (Å²) in [4.78, 5) is 19.0. The highest BCUT2D eigenvalue weighted by atomic mass is 19.3. The maximum atomic E-state index is 13.7. The van der Waals surface area contributed by atoms with Crippen molar-refractivity contribution in [3.8, 4) is 11.1 Å². The van der Waals surface area contributed by atoms with Gasteiger partial charge in [0.1, 0.15) is 5.69 Å². The topological polar surface area (TPSA) is 63.7 Å². The number of hydrogen-bond acceptors (Lipinski definition) is 5. The van der Waals surface area contributed by atoms with Gasteiger partial charge in [-0.25, -0.2) is 0 Å². The minimum atomic E-state index is -3.12. The van der Waals surface area contributed by atoms with Crippen LogP contribution in [0.1, 0.15) is 34.1 Å². The lowest BCUT2D eigenvalue weighted by atomic mass is 9.69. The molecule has 0 saturated carbocycles. The molecule has 0 unspecified atom stereocenters. The molecule has 1 aromatic heterocycles. The van der Waals surface area contributed by atoms with E-state index in [1.807, 2.05) is 25.1 Å². The summed E-state index contributed by atoms with van der Waals surface area (Å²) >= 11 is 0. The third-order valence-corrected chi connectivity index (χ3v) is 7.83. The number of ether oxygens (including phenoxy) is 2. The van der Waals surface area contributed by atoms with Crippen LogP contribution in [0.25, 0.3) is 11.1 Å². The molecule has 1 atom stereocenters. The van der Waals surface area contributed by atoms with Gasteiger partial charge in [-0.1, -0.05) is 18.2 Å². The van der Waals surface area contributed by atoms with Crippen LogP contribution in [0.5, 0.6) is 0 Å². The zero-order valence-electron chi connectivity index (χ0n) is 20.9. The van der Waals surface area contributed by atoms with Crippen molar-refractivity contribution in [1.82, 2.24) is 4.98 Å². The van der Waals surface area contributed by atoms with E-state index in [4.69, 9.17) is 9.47 Å². The first-order valence-corrected chi connectivity index (χ1v) is 12.6. The largest absolute Gasteiger partial charge is 0.380 e. The summed E-state index contributed by atoms with van der Waals surface area (Å²) in [6.45, 7) is 6.62. The number of fused-ring (bicyclic) bond motifs is 4. The molecule has 0 radical (unpaired) electrons. The van der Waals surface area contributed by atoms with Crippen molar-refractivity contribution in [2.24, 2.45) is 5.41 Å². The summed E-state index contributed by atoms with van der Waals surface area (Å²) in [5, 5.41) is 2.86. The predicted octanol–water partition coefficient (Wildman–Crippen LogP) is 5.20. The number of halogens is 2. The molecule has 3 aromatic rings. The number of morpholine rings is 1. The molecule has 0 aliphatic carbocycles. The number of amides is 1. The Hall–Kier alpha value is -3.36. The number of aromatic nitrogens is 1. The predicted molar refractivity (Wildman–Crippen MR) is 137 cm³/mol. The van der Waals surface area contributed by atoms with E-state index in [0.29, 0.717) is 24.9 Å². The van der Waals surface area contributed by atoms with Crippen LogP contribution in [-0.4, -0.2) is 49.9 Å². The van der Waals surface area contributed by atoms with Crippen molar-refractivity contribution >= 4 is 17.3 Å². The molecule has 0 bridgehead atoms. The number of aryl methyl sites for hydroxylation is 1. The van der Waals surface area contributed by atoms with Gasteiger partial charge in [-0.05, 0) is 65.9 Å². The van der Waals surface area contributed by atoms with Crippen LogP contribution in [0.2, 0.25) is 0 Å². The van der Waals surface area contributed by atoms with Gasteiger partial charge in [0.25, 0.3) is 11.8 Å². The molecule has 2 saturated heterocycles. The van der Waals surface area contributed by atoms with E-state index in [-0.39, 0.29) is 11.0 Å². The Kier molecular flexibility index (Phi) is 5.76. The van der Waals surface area contributed by atoms with Crippen LogP contribution in [0, 0.1) is 12.3 Å². The fourth-order valence-electron chi connectivity index (χ4n) is 5.73. The molecule has 6 nitrogen and oxygen atoms in total. The quantitative estimate of drug-likeness (QED) is 0.528. The molecule has 4 heterocycles. The Morgan fingerprint density at radius 2 is 1.97 bits per heavy atom. The number of carbonyl (C=O) groups is 1. The SMILES string of the molecule is Cc1ccc(NC(=O)c2ccnc(C(C)(F)F)c2)cc1-c1ccc2c(c1)N1CCOC[C@@H]1C1(COC1)C2. The second kappa shape index (κ2) is 8.89. The standard InChI is InChI=1S/C29H29F2N3O3/c1-18-3-6-22(33-27(35)20-7-8-32-25(12-20)28(2,30)31)13-23(18)19-4-5-21-14-29(16-37-17-29)26-15-36-10-9-34(26)24(21)11-19/h3-8,11-13,26H,9-10,14-17H2,1-2H3,(H,33,35)/t26-/m1/s1. The number of nitrogens with zero attached hydrogens (tertiary/aromatic N) is 2. The fraction of sp³-hybridized carbons (Fsp3) is 0.379. The highest BCUT2D eigenvalue weighted by Crippen LogP contribution is 2.47. The molecule has 8 heteroatoms. The maximum absolute atomic E-state index is 13.7. The van der Waals surface area contributed by atoms with Gasteiger partial charge >= 0.3 is 0 Å². The lowest BCUT2D eigenvalue weighted by molar-refractivity contribution is -0.145. The number of anilines is 2. The molecule has 1 N–H and O–H groups in total. The monoisotopic (exact) mass is 505 g/mol. The number of rotatable bonds is 4. The zero-order valence-corrected chi connectivity index (χ0v) is 20.9. The Bertz CT molecular complexity index is 1370. The van der Waals surface area contributed by atoms with Crippen LogP contribution < -0.4 is 10.2 Å². The number of carbonyl (C=O) groups excluding carboxylic acids is 1. The molecule has 2 fully saturated rings. The van der Waals surface area contributed by atoms with Crippen molar-refractivity contribution in [3.63, 3.8) is 0 Å². The lowest BCUT2D eigenvalue weighted by Gasteiger charge is -2.56. The van der Waals surface area contributed by atoms with Crippen LogP contribution in [0.4, 0.5) is 20.2 Å². The van der Waals surface area contributed by atoms with Crippen molar-refractivity contribution in [2.45, 2.75) is 32.2 Å². The maximum Gasteiger partial charge on any atom is 0.286 e. The van der Waals surface area contributed by atoms with Crippen LogP contribution in [-0.2, 0) is 21.8 Å². The Morgan fingerprint density at radius 3 is 2.73 bits per heavy atom. The Morgan fingerprint density at radius 1 is 1.14 bits per heavy atom. The summed E-state index contributed by atoms with van der Waals surface area (Å²) in [7, 11) is 0. The summed E-state index contributed by atoms with van der Waals surface area (Å²) in [5.41, 5.74) is 6.14. The Balaban J connectivity index is 1.29. The minimum absolute atomic E-state index is 0.129. The molecular formula is C29H29F2N3O3. The highest BCUT2D eigenvalue weighted by Gasteiger charge is 2.52. The van der Waals surface area contributed by atoms with E-state index in [1.165, 1.54) is 23.5 Å². The van der Waals surface area contributed by atoms with Gasteiger partial charge in [-0.3, -0.25) is 9.78 Å². The van der Waals surface area contributed by atoms with E-state index in [9.17, 15) is 13.6 Å². The zero-order chi connectivity index (χ0) is 25.8. The van der Waals surface area contributed by atoms with E-state index < -0.39 is 17.5 Å². The summed E-state index contributed by atoms with van der Waals surface area (Å²) in [6.07, 6.45) is 2.21. The van der Waals surface area contributed by atoms with Crippen LogP contribution >= 0.6 is 0 Å². The van der Waals surface area contributed by atoms with Gasteiger partial charge in [0.05, 0.1) is 32.5 Å². The van der Waals surface area contributed by atoms with Gasteiger partial charge < -0.3 is 19.7 Å². The van der Waals surface area contributed by atoms with Crippen molar-refractivity contribution in [2.75, 3.05) is 43.2 Å². The van der Waals surface area contributed by atoms with Gasteiger partial charge in [0, 0.05) is 42.0 Å². The average molecular weight is 506 g/mol. The summed E-state index contributed by atoms with van der Waals surface area (Å²) in [6, 6.07) is 15.2. The molecule has 1 spiro atoms. The lowest BCUT2D eigenvalue weighted by Crippen LogP contribution is -2.65. The van der Waals surface area contributed by atoms with Gasteiger partial charge in [0.2, 0.25) is 0 Å². The number of hydrogen-bond donors (Lipinski definition) is 1. The first kappa shape index (κ1) is 24.0. The van der Waals surface area contributed by atoms with E-state index in [0.717, 1.165) is 55.9 Å². The third kappa shape index (κ3) is 4.28. The van der Waals surface area contributed by atoms with Crippen molar-refractivity contribution in [3.05, 3.63) is 77.1 Å². The average Bonchev–Trinajstić information content (AvgIpc) is 2.87. The van der Waals surface area contributed by atoms with Crippen LogP contribution in [0.3, 0.4) is 0 Å². The van der Waals surface area contributed by atoms with E-state index in [2.05, 4.69) is 33.4 Å². The second-order valence-corrected chi connectivity index (χ2v) is 10.5. The first-order valence-electron chi connectivity index (χ1n) is 12.6. The van der Waals surface area contributed by atoms with Gasteiger partial charge in [-0.15, -0.1) is 0 Å². The summed E-state index contributed by atoms with van der Waals surface area (Å²) in [5.74, 6) is -3.58. The van der Waals surface area contributed by atoms with E-state index in [1.54, 1.807) is 0 Å². The smallest absolute Gasteiger partial charge is 0.286 e. The van der Waals surface area contributed by atoms with Gasteiger partial charge in [0.15, 0.2) is 0 Å². The molecule has 6 rings (SSSR count). The van der Waals surface area contributed by atoms with Crippen LogP contribution in [0.15, 0.2) is 54.7 Å². The number of nitrogens with one attached hydrogen (secondary N) is 1. The number of alkyl halides is 2. The Labute approximate surface area is 214 Å². The van der Waals surface area contributed by atoms with Crippen molar-refractivity contribution < 1.29 is 23.0 Å². The number of benzene rings is 2. The molecule has 2 aromatic carbocycles. The normalized spacial score (nSPS) is 20.1. The highest BCUT2D eigenvalue weighted by molar-refractivity contribution is 6.04.